The zero-order valence-electron chi connectivity index (χ0n) is 10.3. The van der Waals surface area contributed by atoms with E-state index in [1.54, 1.807) is 5.57 Å². The normalized spacial score (nSPS) is 21.2. The van der Waals surface area contributed by atoms with E-state index in [4.69, 9.17) is 0 Å². The summed E-state index contributed by atoms with van der Waals surface area (Å²) >= 11 is 0. The summed E-state index contributed by atoms with van der Waals surface area (Å²) in [6, 6.07) is 0. The van der Waals surface area contributed by atoms with E-state index in [1.807, 2.05) is 0 Å². The van der Waals surface area contributed by atoms with Gasteiger partial charge < -0.3 is 5.32 Å². The zero-order valence-corrected chi connectivity index (χ0v) is 10.3. The maximum Gasteiger partial charge on any atom is 0.0164 e. The lowest BCUT2D eigenvalue weighted by atomic mass is 9.85. The number of allylic oxidation sites excluding steroid dienone is 2. The lowest BCUT2D eigenvalue weighted by Crippen LogP contribution is -2.20. The van der Waals surface area contributed by atoms with Crippen LogP contribution < -0.4 is 5.32 Å². The molecule has 1 N–H and O–H groups in total. The van der Waals surface area contributed by atoms with Crippen LogP contribution in [0, 0.1) is 5.92 Å². The van der Waals surface area contributed by atoms with Crippen LogP contribution in [0.25, 0.3) is 0 Å². The molecule has 0 fully saturated rings. The highest BCUT2D eigenvalue weighted by atomic mass is 14.8. The third-order valence-corrected chi connectivity index (χ3v) is 3.26. The molecule has 86 valence electrons. The van der Waals surface area contributed by atoms with Crippen LogP contribution >= 0.6 is 0 Å². The molecule has 0 saturated carbocycles. The van der Waals surface area contributed by atoms with Gasteiger partial charge in [0.1, 0.15) is 0 Å². The molecule has 15 heavy (non-hydrogen) atoms. The van der Waals surface area contributed by atoms with Crippen LogP contribution in [0.2, 0.25) is 0 Å². The molecule has 0 aromatic carbocycles. The largest absolute Gasteiger partial charge is 0.313 e. The molecule has 0 aliphatic heterocycles. The number of hydrogen-bond acceptors (Lipinski definition) is 1. The van der Waals surface area contributed by atoms with Crippen molar-refractivity contribution in [1.29, 1.82) is 0 Å². The molecule has 1 atom stereocenters. The van der Waals surface area contributed by atoms with E-state index >= 15 is 0 Å². The minimum Gasteiger partial charge on any atom is -0.313 e. The smallest absolute Gasteiger partial charge is 0.0164 e. The Balaban J connectivity index is 2.19. The lowest BCUT2D eigenvalue weighted by molar-refractivity contribution is 0.526. The molecule has 0 bridgehead atoms. The average molecular weight is 207 g/mol. The highest BCUT2D eigenvalue weighted by Gasteiger charge is 2.14. The van der Waals surface area contributed by atoms with Crippen molar-refractivity contribution in [2.24, 2.45) is 5.92 Å². The first-order chi connectivity index (χ1) is 7.24. The quantitative estimate of drug-likeness (QED) is 0.517. The number of rotatable bonds is 6. The summed E-state index contributed by atoms with van der Waals surface area (Å²) in [4.78, 5) is 0. The van der Waals surface area contributed by atoms with Crippen LogP contribution in [-0.2, 0) is 0 Å². The Labute approximate surface area is 94.6 Å². The van der Waals surface area contributed by atoms with Gasteiger partial charge in [-0.1, -0.05) is 37.1 Å². The van der Waals surface area contributed by atoms with E-state index in [1.165, 1.54) is 37.7 Å². The first kappa shape index (κ1) is 12.5. The third kappa shape index (κ3) is 4.65. The SMILES string of the molecule is C=C(C)[C@@H]1CC=C(CNCCCC)CC1. The van der Waals surface area contributed by atoms with Gasteiger partial charge in [-0.3, -0.25) is 0 Å². The van der Waals surface area contributed by atoms with Gasteiger partial charge >= 0.3 is 0 Å². The second kappa shape index (κ2) is 6.84. The van der Waals surface area contributed by atoms with E-state index in [9.17, 15) is 0 Å². The molecule has 0 aromatic heterocycles. The van der Waals surface area contributed by atoms with Crippen LogP contribution in [-0.4, -0.2) is 13.1 Å². The number of unbranched alkanes of at least 4 members (excludes halogenated alkanes) is 1. The van der Waals surface area contributed by atoms with E-state index < -0.39 is 0 Å². The van der Waals surface area contributed by atoms with Gasteiger partial charge in [-0.05, 0) is 45.1 Å². The summed E-state index contributed by atoms with van der Waals surface area (Å²) in [5, 5.41) is 3.51. The van der Waals surface area contributed by atoms with Crippen molar-refractivity contribution >= 4 is 0 Å². The Morgan fingerprint density at radius 1 is 1.60 bits per heavy atom. The molecule has 0 radical (unpaired) electrons. The molecule has 0 aromatic rings. The van der Waals surface area contributed by atoms with Crippen molar-refractivity contribution in [3.63, 3.8) is 0 Å². The topological polar surface area (TPSA) is 12.0 Å². The van der Waals surface area contributed by atoms with Gasteiger partial charge in [-0.2, -0.15) is 0 Å². The predicted molar refractivity (Wildman–Crippen MR) is 68.0 cm³/mol. The monoisotopic (exact) mass is 207 g/mol. The Morgan fingerprint density at radius 2 is 2.40 bits per heavy atom. The van der Waals surface area contributed by atoms with Crippen LogP contribution in [0.5, 0.6) is 0 Å². The number of nitrogens with one attached hydrogen (secondary N) is 1. The van der Waals surface area contributed by atoms with E-state index in [0.29, 0.717) is 0 Å². The zero-order chi connectivity index (χ0) is 11.1. The standard InChI is InChI=1S/C14H25N/c1-4-5-10-15-11-13-6-8-14(9-7-13)12(2)3/h6,14-15H,2,4-5,7-11H2,1,3H3/t14-/m1/s1. The van der Waals surface area contributed by atoms with Crippen LogP contribution in [0.15, 0.2) is 23.8 Å². The molecule has 0 saturated heterocycles. The summed E-state index contributed by atoms with van der Waals surface area (Å²) in [5.74, 6) is 0.740. The molecule has 0 unspecified atom stereocenters. The number of hydrogen-bond donors (Lipinski definition) is 1. The Morgan fingerprint density at radius 3 is 2.93 bits per heavy atom. The summed E-state index contributed by atoms with van der Waals surface area (Å²) in [5.41, 5.74) is 2.95. The van der Waals surface area contributed by atoms with Gasteiger partial charge in [0.25, 0.3) is 0 Å². The summed E-state index contributed by atoms with van der Waals surface area (Å²) in [7, 11) is 0. The molecular weight excluding hydrogens is 182 g/mol. The molecule has 0 heterocycles. The fourth-order valence-electron chi connectivity index (χ4n) is 2.05. The Bertz CT molecular complexity index is 227. The molecule has 1 heteroatoms. The summed E-state index contributed by atoms with van der Waals surface area (Å²) in [6.45, 7) is 10.7. The van der Waals surface area contributed by atoms with Crippen molar-refractivity contribution in [3.05, 3.63) is 23.8 Å². The highest BCUT2D eigenvalue weighted by Crippen LogP contribution is 2.27. The van der Waals surface area contributed by atoms with Crippen molar-refractivity contribution in [2.75, 3.05) is 13.1 Å². The maximum absolute atomic E-state index is 4.05. The second-order valence-corrected chi connectivity index (χ2v) is 4.71. The van der Waals surface area contributed by atoms with E-state index in [-0.39, 0.29) is 0 Å². The average Bonchev–Trinajstić information content (AvgIpc) is 2.25. The van der Waals surface area contributed by atoms with E-state index in [0.717, 1.165) is 19.0 Å². The molecular formula is C14H25N. The maximum atomic E-state index is 4.05. The van der Waals surface area contributed by atoms with Crippen molar-refractivity contribution in [3.8, 4) is 0 Å². The van der Waals surface area contributed by atoms with Gasteiger partial charge in [0, 0.05) is 6.54 Å². The minimum atomic E-state index is 0.740. The molecule has 1 rings (SSSR count). The van der Waals surface area contributed by atoms with Crippen molar-refractivity contribution in [1.82, 2.24) is 5.32 Å². The van der Waals surface area contributed by atoms with Crippen LogP contribution in [0.4, 0.5) is 0 Å². The van der Waals surface area contributed by atoms with Gasteiger partial charge in [-0.25, -0.2) is 0 Å². The molecule has 0 spiro atoms. The van der Waals surface area contributed by atoms with Crippen molar-refractivity contribution < 1.29 is 0 Å². The summed E-state index contributed by atoms with van der Waals surface area (Å²) < 4.78 is 0. The second-order valence-electron chi connectivity index (χ2n) is 4.71. The molecule has 1 aliphatic rings. The van der Waals surface area contributed by atoms with Crippen LogP contribution in [0.1, 0.15) is 46.0 Å². The van der Waals surface area contributed by atoms with Gasteiger partial charge in [0.15, 0.2) is 0 Å². The van der Waals surface area contributed by atoms with Gasteiger partial charge in [0.2, 0.25) is 0 Å². The fraction of sp³-hybridized carbons (Fsp3) is 0.714. The van der Waals surface area contributed by atoms with Crippen molar-refractivity contribution in [2.45, 2.75) is 46.0 Å². The molecule has 1 nitrogen and oxygen atoms in total. The minimum absolute atomic E-state index is 0.740. The third-order valence-electron chi connectivity index (χ3n) is 3.26. The van der Waals surface area contributed by atoms with Crippen LogP contribution in [0.3, 0.4) is 0 Å². The Kier molecular flexibility index (Phi) is 5.70. The summed E-state index contributed by atoms with van der Waals surface area (Å²) in [6.07, 6.45) is 8.76. The lowest BCUT2D eigenvalue weighted by Gasteiger charge is -2.22. The van der Waals surface area contributed by atoms with E-state index in [2.05, 4.69) is 31.8 Å². The first-order valence-electron chi connectivity index (χ1n) is 6.28. The van der Waals surface area contributed by atoms with Gasteiger partial charge in [0.05, 0.1) is 0 Å². The molecule has 0 amide bonds. The predicted octanol–water partition coefficient (Wildman–Crippen LogP) is 3.68. The highest BCUT2D eigenvalue weighted by molar-refractivity contribution is 5.13. The Hall–Kier alpha value is -0.560. The molecule has 1 aliphatic carbocycles. The fourth-order valence-corrected chi connectivity index (χ4v) is 2.05. The first-order valence-corrected chi connectivity index (χ1v) is 6.28. The van der Waals surface area contributed by atoms with Gasteiger partial charge in [-0.15, -0.1) is 0 Å².